The third-order valence-electron chi connectivity index (χ3n) is 4.66. The lowest BCUT2D eigenvalue weighted by molar-refractivity contribution is -0.114. The molecule has 0 saturated carbocycles. The van der Waals surface area contributed by atoms with Crippen LogP contribution in [0.3, 0.4) is 0 Å². The van der Waals surface area contributed by atoms with E-state index in [1.54, 1.807) is 36.4 Å². The minimum absolute atomic E-state index is 0.0173. The first-order valence-corrected chi connectivity index (χ1v) is 12.3. The molecule has 0 saturated heterocycles. The third-order valence-corrected chi connectivity index (χ3v) is 7.22. The lowest BCUT2D eigenvalue weighted by Crippen LogP contribution is -2.38. The Bertz CT molecular complexity index is 1180. The van der Waals surface area contributed by atoms with Crippen LogP contribution in [0.1, 0.15) is 0 Å². The number of hydrogen-bond donors (Lipinski definition) is 1. The summed E-state index contributed by atoms with van der Waals surface area (Å²) in [5, 5.41) is 2.82. The minimum Gasteiger partial charge on any atom is -0.493 e. The van der Waals surface area contributed by atoms with Crippen LogP contribution in [-0.4, -0.2) is 41.3 Å². The molecule has 0 aromatic heterocycles. The molecule has 3 aromatic rings. The van der Waals surface area contributed by atoms with Crippen LogP contribution in [0.2, 0.25) is 0 Å². The van der Waals surface area contributed by atoms with E-state index >= 15 is 0 Å². The molecule has 0 atom stereocenters. The Balaban J connectivity index is 1.97. The molecule has 0 aliphatic heterocycles. The summed E-state index contributed by atoms with van der Waals surface area (Å²) < 4.78 is 38.6. The second-order valence-electron chi connectivity index (χ2n) is 6.61. The number of nitrogens with one attached hydrogen (secondary N) is 1. The highest BCUT2D eigenvalue weighted by Crippen LogP contribution is 2.32. The van der Waals surface area contributed by atoms with Crippen molar-refractivity contribution in [2.45, 2.75) is 9.79 Å². The van der Waals surface area contributed by atoms with E-state index in [1.807, 2.05) is 24.5 Å². The summed E-state index contributed by atoms with van der Waals surface area (Å²) in [7, 11) is -1.18. The number of anilines is 2. The van der Waals surface area contributed by atoms with Gasteiger partial charge in [0.25, 0.3) is 10.0 Å². The summed E-state index contributed by atoms with van der Waals surface area (Å²) in [6.07, 6.45) is 1.91. The molecule has 0 unspecified atom stereocenters. The largest absolute Gasteiger partial charge is 0.493 e. The summed E-state index contributed by atoms with van der Waals surface area (Å²) in [6, 6.07) is 20.2. The van der Waals surface area contributed by atoms with E-state index in [0.717, 1.165) is 9.20 Å². The summed E-state index contributed by atoms with van der Waals surface area (Å²) in [5.41, 5.74) is 0.997. The number of sulfonamides is 1. The number of nitrogens with zero attached hydrogens (tertiary/aromatic N) is 1. The molecule has 9 heteroatoms. The number of thioether (sulfide) groups is 1. The lowest BCUT2D eigenvalue weighted by Gasteiger charge is -2.24. The maximum Gasteiger partial charge on any atom is 0.264 e. The topological polar surface area (TPSA) is 84.9 Å². The Hall–Kier alpha value is -3.17. The number of carbonyl (C=O) groups is 1. The van der Waals surface area contributed by atoms with Crippen molar-refractivity contribution < 1.29 is 22.7 Å². The number of hydrogen-bond acceptors (Lipinski definition) is 6. The molecule has 0 aliphatic carbocycles. The minimum atomic E-state index is -4.08. The number of para-hydroxylation sites is 2. The molecule has 32 heavy (non-hydrogen) atoms. The molecule has 168 valence electrons. The Labute approximate surface area is 192 Å². The van der Waals surface area contributed by atoms with Gasteiger partial charge in [0, 0.05) is 11.0 Å². The van der Waals surface area contributed by atoms with Crippen LogP contribution in [0.25, 0.3) is 0 Å². The average Bonchev–Trinajstić information content (AvgIpc) is 2.82. The zero-order valence-electron chi connectivity index (χ0n) is 17.9. The third kappa shape index (κ3) is 5.17. The predicted octanol–water partition coefficient (Wildman–Crippen LogP) is 4.26. The predicted molar refractivity (Wildman–Crippen MR) is 127 cm³/mol. The fraction of sp³-hybridized carbons (Fsp3) is 0.174. The highest BCUT2D eigenvalue weighted by molar-refractivity contribution is 7.98. The van der Waals surface area contributed by atoms with Gasteiger partial charge in [0.05, 0.1) is 30.5 Å². The summed E-state index contributed by atoms with van der Waals surface area (Å²) in [6.45, 7) is -0.399. The van der Waals surface area contributed by atoms with Crippen molar-refractivity contribution >= 4 is 39.1 Å². The molecule has 3 rings (SSSR count). The van der Waals surface area contributed by atoms with Gasteiger partial charge >= 0.3 is 0 Å². The SMILES string of the molecule is COc1ccc(S(=O)(=O)N(CC(=O)Nc2ccccc2SC)c2ccccc2)cc1OC. The van der Waals surface area contributed by atoms with E-state index < -0.39 is 22.5 Å². The van der Waals surface area contributed by atoms with Crippen LogP contribution in [0.5, 0.6) is 11.5 Å². The second-order valence-corrected chi connectivity index (χ2v) is 9.32. The standard InChI is InChI=1S/C23H24N2O5S2/c1-29-20-14-13-18(15-21(20)30-2)32(27,28)25(17-9-5-4-6-10-17)16-23(26)24-19-11-7-8-12-22(19)31-3/h4-15H,16H2,1-3H3,(H,24,26). The molecule has 0 bridgehead atoms. The van der Waals surface area contributed by atoms with E-state index in [2.05, 4.69) is 5.32 Å². The van der Waals surface area contributed by atoms with Crippen molar-refractivity contribution in [1.29, 1.82) is 0 Å². The van der Waals surface area contributed by atoms with Crippen LogP contribution in [-0.2, 0) is 14.8 Å². The second kappa shape index (κ2) is 10.4. The summed E-state index contributed by atoms with van der Waals surface area (Å²) >= 11 is 1.49. The van der Waals surface area contributed by atoms with Crippen molar-refractivity contribution in [2.75, 3.05) is 36.6 Å². The lowest BCUT2D eigenvalue weighted by atomic mass is 10.3. The number of carbonyl (C=O) groups excluding carboxylic acids is 1. The summed E-state index contributed by atoms with van der Waals surface area (Å²) in [4.78, 5) is 13.8. The van der Waals surface area contributed by atoms with E-state index in [1.165, 1.54) is 44.2 Å². The molecule has 0 heterocycles. The fourth-order valence-corrected chi connectivity index (χ4v) is 5.07. The smallest absolute Gasteiger partial charge is 0.264 e. The highest BCUT2D eigenvalue weighted by atomic mass is 32.2. The van der Waals surface area contributed by atoms with Gasteiger partial charge in [-0.15, -0.1) is 11.8 Å². The van der Waals surface area contributed by atoms with Gasteiger partial charge in [-0.2, -0.15) is 0 Å². The first kappa shape index (κ1) is 23.5. The van der Waals surface area contributed by atoms with Gasteiger partial charge < -0.3 is 14.8 Å². The van der Waals surface area contributed by atoms with E-state index in [4.69, 9.17) is 9.47 Å². The highest BCUT2D eigenvalue weighted by Gasteiger charge is 2.28. The van der Waals surface area contributed by atoms with E-state index in [-0.39, 0.29) is 10.6 Å². The van der Waals surface area contributed by atoms with E-state index in [0.29, 0.717) is 17.1 Å². The first-order chi connectivity index (χ1) is 15.4. The molecule has 1 amide bonds. The van der Waals surface area contributed by atoms with Crippen molar-refractivity contribution in [3.8, 4) is 11.5 Å². The molecule has 7 nitrogen and oxygen atoms in total. The van der Waals surface area contributed by atoms with Crippen LogP contribution in [0, 0.1) is 0 Å². The zero-order valence-corrected chi connectivity index (χ0v) is 19.6. The molecule has 3 aromatic carbocycles. The van der Waals surface area contributed by atoms with Gasteiger partial charge in [0.1, 0.15) is 6.54 Å². The molecule has 0 radical (unpaired) electrons. The first-order valence-electron chi connectivity index (χ1n) is 9.63. The zero-order chi connectivity index (χ0) is 23.1. The molecular formula is C23H24N2O5S2. The van der Waals surface area contributed by atoms with Gasteiger partial charge in [-0.1, -0.05) is 30.3 Å². The summed E-state index contributed by atoms with van der Waals surface area (Å²) in [5.74, 6) is 0.225. The maximum atomic E-state index is 13.6. The molecular weight excluding hydrogens is 448 g/mol. The van der Waals surface area contributed by atoms with Crippen LogP contribution < -0.4 is 19.1 Å². The quantitative estimate of drug-likeness (QED) is 0.469. The number of methoxy groups -OCH3 is 2. The Morgan fingerprint density at radius 2 is 1.59 bits per heavy atom. The number of ether oxygens (including phenoxy) is 2. The van der Waals surface area contributed by atoms with Crippen LogP contribution in [0.4, 0.5) is 11.4 Å². The van der Waals surface area contributed by atoms with Gasteiger partial charge in [-0.05, 0) is 42.7 Å². The number of amides is 1. The maximum absolute atomic E-state index is 13.6. The van der Waals surface area contributed by atoms with Crippen molar-refractivity contribution in [1.82, 2.24) is 0 Å². The van der Waals surface area contributed by atoms with Crippen LogP contribution >= 0.6 is 11.8 Å². The molecule has 0 aliphatic rings. The molecule has 0 fully saturated rings. The normalized spacial score (nSPS) is 11.0. The fourth-order valence-electron chi connectivity index (χ4n) is 3.08. The average molecular weight is 473 g/mol. The van der Waals surface area contributed by atoms with Crippen molar-refractivity contribution in [3.05, 3.63) is 72.8 Å². The number of benzene rings is 3. The van der Waals surface area contributed by atoms with Gasteiger partial charge in [-0.3, -0.25) is 9.10 Å². The Morgan fingerprint density at radius 1 is 0.938 bits per heavy atom. The van der Waals surface area contributed by atoms with Crippen molar-refractivity contribution in [3.63, 3.8) is 0 Å². The van der Waals surface area contributed by atoms with Crippen LogP contribution in [0.15, 0.2) is 82.6 Å². The molecule has 0 spiro atoms. The van der Waals surface area contributed by atoms with Gasteiger partial charge in [0.2, 0.25) is 5.91 Å². The monoisotopic (exact) mass is 472 g/mol. The number of rotatable bonds is 9. The van der Waals surface area contributed by atoms with Gasteiger partial charge in [0.15, 0.2) is 11.5 Å². The van der Waals surface area contributed by atoms with Gasteiger partial charge in [-0.25, -0.2) is 8.42 Å². The Kier molecular flexibility index (Phi) is 7.66. The van der Waals surface area contributed by atoms with Crippen molar-refractivity contribution in [2.24, 2.45) is 0 Å². The Morgan fingerprint density at radius 3 is 2.25 bits per heavy atom. The molecule has 1 N–H and O–H groups in total. The van der Waals surface area contributed by atoms with E-state index in [9.17, 15) is 13.2 Å².